The Hall–Kier alpha value is -1.69. The van der Waals surface area contributed by atoms with Gasteiger partial charge in [0.1, 0.15) is 23.0 Å². The number of anilines is 1. The molecule has 5 nitrogen and oxygen atoms in total. The summed E-state index contributed by atoms with van der Waals surface area (Å²) in [5.41, 5.74) is 1.16. The van der Waals surface area contributed by atoms with E-state index in [4.69, 9.17) is 0 Å². The normalized spacial score (nSPS) is 22.7. The standard InChI is InChI=1S/C15H19N3O2S/c1-8-5-4-6-18(12(8)15(19)20)13-11-9(2)10(3)21-14(11)17-7-16-13/h7-8,12H,4-6H2,1-3H3,(H,19,20). The number of nitrogens with zero attached hydrogens (tertiary/aromatic N) is 3. The maximum atomic E-state index is 11.7. The van der Waals surface area contributed by atoms with Crippen molar-refractivity contribution < 1.29 is 9.90 Å². The Morgan fingerprint density at radius 1 is 1.43 bits per heavy atom. The van der Waals surface area contributed by atoms with Gasteiger partial charge >= 0.3 is 5.97 Å². The lowest BCUT2D eigenvalue weighted by Gasteiger charge is -2.38. The number of aryl methyl sites for hydroxylation is 2. The number of aromatic nitrogens is 2. The molecule has 0 radical (unpaired) electrons. The lowest BCUT2D eigenvalue weighted by molar-refractivity contribution is -0.140. The quantitative estimate of drug-likeness (QED) is 0.924. The van der Waals surface area contributed by atoms with Gasteiger partial charge in [-0.15, -0.1) is 11.3 Å². The largest absolute Gasteiger partial charge is 0.480 e. The lowest BCUT2D eigenvalue weighted by atomic mass is 9.90. The Labute approximate surface area is 127 Å². The minimum Gasteiger partial charge on any atom is -0.480 e. The van der Waals surface area contributed by atoms with Crippen LogP contribution in [0.2, 0.25) is 0 Å². The predicted molar refractivity (Wildman–Crippen MR) is 84.1 cm³/mol. The molecule has 21 heavy (non-hydrogen) atoms. The molecule has 0 aliphatic carbocycles. The number of thiophene rings is 1. The average molecular weight is 305 g/mol. The highest BCUT2D eigenvalue weighted by Gasteiger charge is 2.36. The monoisotopic (exact) mass is 305 g/mol. The zero-order valence-electron chi connectivity index (χ0n) is 12.5. The third kappa shape index (κ3) is 2.27. The van der Waals surface area contributed by atoms with Crippen LogP contribution in [0, 0.1) is 19.8 Å². The van der Waals surface area contributed by atoms with Crippen molar-refractivity contribution in [2.45, 2.75) is 39.7 Å². The summed E-state index contributed by atoms with van der Waals surface area (Å²) in [5.74, 6) is 0.140. The molecule has 1 aliphatic heterocycles. The number of carboxylic acids is 1. The smallest absolute Gasteiger partial charge is 0.326 e. The number of fused-ring (bicyclic) bond motifs is 1. The maximum Gasteiger partial charge on any atom is 0.326 e. The summed E-state index contributed by atoms with van der Waals surface area (Å²) in [6.45, 7) is 6.87. The highest BCUT2D eigenvalue weighted by molar-refractivity contribution is 7.18. The van der Waals surface area contributed by atoms with Crippen LogP contribution in [0.25, 0.3) is 10.2 Å². The summed E-state index contributed by atoms with van der Waals surface area (Å²) < 4.78 is 0. The van der Waals surface area contributed by atoms with Gasteiger partial charge in [0.15, 0.2) is 0 Å². The van der Waals surface area contributed by atoms with Crippen LogP contribution in [0.15, 0.2) is 6.33 Å². The molecule has 0 aromatic carbocycles. The second kappa shape index (κ2) is 5.26. The molecule has 112 valence electrons. The molecule has 1 aliphatic rings. The fourth-order valence-corrected chi connectivity index (χ4v) is 4.18. The van der Waals surface area contributed by atoms with Crippen molar-refractivity contribution in [3.8, 4) is 0 Å². The topological polar surface area (TPSA) is 66.3 Å². The molecule has 1 N–H and O–H groups in total. The first-order valence-corrected chi connectivity index (χ1v) is 8.02. The molecule has 2 aromatic heterocycles. The van der Waals surface area contributed by atoms with Crippen LogP contribution in [0.3, 0.4) is 0 Å². The highest BCUT2D eigenvalue weighted by atomic mass is 32.1. The van der Waals surface area contributed by atoms with Crippen LogP contribution in [0.4, 0.5) is 5.82 Å². The number of rotatable bonds is 2. The van der Waals surface area contributed by atoms with E-state index in [1.165, 1.54) is 4.88 Å². The fraction of sp³-hybridized carbons (Fsp3) is 0.533. The first-order chi connectivity index (χ1) is 10.0. The molecule has 1 fully saturated rings. The van der Waals surface area contributed by atoms with Gasteiger partial charge in [-0.3, -0.25) is 0 Å². The lowest BCUT2D eigenvalue weighted by Crippen LogP contribution is -2.49. The van der Waals surface area contributed by atoms with Crippen molar-refractivity contribution in [1.29, 1.82) is 0 Å². The maximum absolute atomic E-state index is 11.7. The van der Waals surface area contributed by atoms with Gasteiger partial charge in [-0.25, -0.2) is 14.8 Å². The van der Waals surface area contributed by atoms with Gasteiger partial charge in [0, 0.05) is 11.4 Å². The molecule has 0 amide bonds. The number of piperidine rings is 1. The molecule has 0 saturated carbocycles. The van der Waals surface area contributed by atoms with Gasteiger partial charge < -0.3 is 10.0 Å². The van der Waals surface area contributed by atoms with E-state index in [9.17, 15) is 9.90 Å². The van der Waals surface area contributed by atoms with E-state index in [2.05, 4.69) is 23.8 Å². The van der Waals surface area contributed by atoms with Crippen LogP contribution in [0.1, 0.15) is 30.2 Å². The summed E-state index contributed by atoms with van der Waals surface area (Å²) >= 11 is 1.64. The number of carbonyl (C=O) groups is 1. The Bertz CT molecular complexity index is 698. The van der Waals surface area contributed by atoms with E-state index < -0.39 is 12.0 Å². The van der Waals surface area contributed by atoms with Crippen molar-refractivity contribution in [2.24, 2.45) is 5.92 Å². The van der Waals surface area contributed by atoms with E-state index in [1.54, 1.807) is 17.7 Å². The van der Waals surface area contributed by atoms with Crippen molar-refractivity contribution in [1.82, 2.24) is 9.97 Å². The summed E-state index contributed by atoms with van der Waals surface area (Å²) in [5, 5.41) is 10.6. The molecule has 2 aromatic rings. The third-order valence-corrected chi connectivity index (χ3v) is 5.52. The number of aliphatic carboxylic acids is 1. The average Bonchev–Trinajstić information content (AvgIpc) is 2.73. The summed E-state index contributed by atoms with van der Waals surface area (Å²) in [6, 6.07) is -0.503. The fourth-order valence-electron chi connectivity index (χ4n) is 3.18. The predicted octanol–water partition coefficient (Wildman–Crippen LogP) is 3.00. The molecular weight excluding hydrogens is 286 g/mol. The molecule has 2 unspecified atom stereocenters. The third-order valence-electron chi connectivity index (χ3n) is 4.40. The summed E-state index contributed by atoms with van der Waals surface area (Å²) in [6.07, 6.45) is 3.49. The van der Waals surface area contributed by atoms with Crippen molar-refractivity contribution >= 4 is 33.3 Å². The first-order valence-electron chi connectivity index (χ1n) is 7.21. The van der Waals surface area contributed by atoms with Crippen LogP contribution >= 0.6 is 11.3 Å². The summed E-state index contributed by atoms with van der Waals surface area (Å²) in [7, 11) is 0. The second-order valence-electron chi connectivity index (χ2n) is 5.76. The Morgan fingerprint density at radius 2 is 2.19 bits per heavy atom. The van der Waals surface area contributed by atoms with Crippen molar-refractivity contribution in [3.63, 3.8) is 0 Å². The van der Waals surface area contributed by atoms with E-state index in [0.717, 1.165) is 41.0 Å². The molecule has 1 saturated heterocycles. The molecule has 0 spiro atoms. The van der Waals surface area contributed by atoms with E-state index in [0.29, 0.717) is 0 Å². The minimum atomic E-state index is -0.765. The van der Waals surface area contributed by atoms with Crippen LogP contribution < -0.4 is 4.90 Å². The van der Waals surface area contributed by atoms with Crippen LogP contribution in [0.5, 0.6) is 0 Å². The van der Waals surface area contributed by atoms with Crippen molar-refractivity contribution in [3.05, 3.63) is 16.8 Å². The number of hydrogen-bond acceptors (Lipinski definition) is 5. The number of carboxylic acid groups (broad SMARTS) is 1. The Kier molecular flexibility index (Phi) is 3.57. The first kappa shape index (κ1) is 14.3. The summed E-state index contributed by atoms with van der Waals surface area (Å²) in [4.78, 5) is 24.6. The SMILES string of the molecule is Cc1sc2ncnc(N3CCCC(C)C3C(=O)O)c2c1C. The van der Waals surface area contributed by atoms with Crippen LogP contribution in [-0.2, 0) is 4.79 Å². The molecule has 0 bridgehead atoms. The number of hydrogen-bond donors (Lipinski definition) is 1. The molecule has 2 atom stereocenters. The molecular formula is C15H19N3O2S. The van der Waals surface area contributed by atoms with E-state index in [-0.39, 0.29) is 5.92 Å². The minimum absolute atomic E-state index is 0.126. The molecule has 6 heteroatoms. The highest BCUT2D eigenvalue weighted by Crippen LogP contribution is 2.37. The van der Waals surface area contributed by atoms with Gasteiger partial charge in [-0.1, -0.05) is 6.92 Å². The second-order valence-corrected chi connectivity index (χ2v) is 6.96. The zero-order valence-corrected chi connectivity index (χ0v) is 13.3. The van der Waals surface area contributed by atoms with E-state index in [1.807, 2.05) is 11.8 Å². The van der Waals surface area contributed by atoms with Crippen LogP contribution in [-0.4, -0.2) is 33.6 Å². The Morgan fingerprint density at radius 3 is 2.90 bits per heavy atom. The molecule has 3 heterocycles. The van der Waals surface area contributed by atoms with Gasteiger partial charge in [0.2, 0.25) is 0 Å². The Balaban J connectivity index is 2.16. The van der Waals surface area contributed by atoms with E-state index >= 15 is 0 Å². The van der Waals surface area contributed by atoms with Gasteiger partial charge in [-0.05, 0) is 38.2 Å². The van der Waals surface area contributed by atoms with Gasteiger partial charge in [-0.2, -0.15) is 0 Å². The van der Waals surface area contributed by atoms with Crippen molar-refractivity contribution in [2.75, 3.05) is 11.4 Å². The van der Waals surface area contributed by atoms with Gasteiger partial charge in [0.25, 0.3) is 0 Å². The van der Waals surface area contributed by atoms with Gasteiger partial charge in [0.05, 0.1) is 5.39 Å². The zero-order chi connectivity index (χ0) is 15.1. The molecule has 3 rings (SSSR count).